The topological polar surface area (TPSA) is 84.9 Å². The van der Waals surface area contributed by atoms with E-state index in [2.05, 4.69) is 5.32 Å². The van der Waals surface area contributed by atoms with Crippen LogP contribution in [0.5, 0.6) is 11.5 Å². The van der Waals surface area contributed by atoms with E-state index < -0.39 is 5.91 Å². The lowest BCUT2D eigenvalue weighted by atomic mass is 10.1. The Kier molecular flexibility index (Phi) is 6.20. The maximum atomic E-state index is 11.7. The summed E-state index contributed by atoms with van der Waals surface area (Å²) < 4.78 is 11.0. The molecule has 1 unspecified atom stereocenters. The number of likely N-dealkylation sites (N-methyl/N-ethyl adjacent to an activating group) is 1. The normalized spacial score (nSPS) is 19.7. The van der Waals surface area contributed by atoms with Crippen LogP contribution in [-0.4, -0.2) is 41.3 Å². The van der Waals surface area contributed by atoms with Gasteiger partial charge in [-0.15, -0.1) is 0 Å². The first-order valence-electron chi connectivity index (χ1n) is 9.67. The Morgan fingerprint density at radius 2 is 2.00 bits per heavy atom. The molecule has 0 aliphatic carbocycles. The number of nitrogens with one attached hydrogen (secondary N) is 1. The Morgan fingerprint density at radius 1 is 1.23 bits per heavy atom. The number of thioether (sulfide) groups is 1. The highest BCUT2D eigenvalue weighted by molar-refractivity contribution is 8.18. The lowest BCUT2D eigenvalue weighted by Crippen LogP contribution is -2.34. The average molecular weight is 459 g/mol. The van der Waals surface area contributed by atoms with Crippen molar-refractivity contribution in [1.82, 2.24) is 10.2 Å². The summed E-state index contributed by atoms with van der Waals surface area (Å²) in [5, 5.41) is 2.21. The third-order valence-corrected chi connectivity index (χ3v) is 6.04. The molecule has 4 rings (SSSR count). The molecule has 31 heavy (non-hydrogen) atoms. The van der Waals surface area contributed by atoms with Gasteiger partial charge in [-0.05, 0) is 66.6 Å². The van der Waals surface area contributed by atoms with Gasteiger partial charge in [-0.1, -0.05) is 29.8 Å². The number of nitrogens with zero attached hydrogens (tertiary/aromatic N) is 1. The van der Waals surface area contributed by atoms with Crippen LogP contribution < -0.4 is 10.1 Å². The molecule has 0 saturated carbocycles. The van der Waals surface area contributed by atoms with Crippen molar-refractivity contribution in [3.8, 4) is 11.5 Å². The summed E-state index contributed by atoms with van der Waals surface area (Å²) in [5.41, 5.74) is 1.76. The highest BCUT2D eigenvalue weighted by atomic mass is 35.5. The van der Waals surface area contributed by atoms with Crippen molar-refractivity contribution in [2.75, 3.05) is 13.2 Å². The molecule has 1 N–H and O–H groups in total. The van der Waals surface area contributed by atoms with Crippen LogP contribution in [0, 0.1) is 0 Å². The van der Waals surface area contributed by atoms with Gasteiger partial charge >= 0.3 is 6.09 Å². The van der Waals surface area contributed by atoms with E-state index in [1.807, 2.05) is 31.2 Å². The molecule has 7 nitrogen and oxygen atoms in total. The van der Waals surface area contributed by atoms with Gasteiger partial charge in [0.25, 0.3) is 11.1 Å². The minimum absolute atomic E-state index is 0.0378. The maximum absolute atomic E-state index is 11.7. The van der Waals surface area contributed by atoms with Crippen LogP contribution in [-0.2, 0) is 16.0 Å². The third kappa shape index (κ3) is 4.86. The number of benzene rings is 2. The first kappa shape index (κ1) is 21.3. The lowest BCUT2D eigenvalue weighted by Gasteiger charge is -2.19. The van der Waals surface area contributed by atoms with Crippen LogP contribution in [0.25, 0.3) is 6.08 Å². The summed E-state index contributed by atoms with van der Waals surface area (Å²) in [6.07, 6.45) is 2.05. The molecule has 9 heteroatoms. The van der Waals surface area contributed by atoms with Crippen molar-refractivity contribution in [2.24, 2.45) is 0 Å². The largest absolute Gasteiger partial charge is 0.456 e. The number of amides is 3. The van der Waals surface area contributed by atoms with Gasteiger partial charge in [-0.3, -0.25) is 14.9 Å². The van der Waals surface area contributed by atoms with Crippen molar-refractivity contribution in [3.63, 3.8) is 0 Å². The molecule has 2 aromatic rings. The Balaban J connectivity index is 1.41. The number of hydrogen-bond acceptors (Lipinski definition) is 6. The highest BCUT2D eigenvalue weighted by Gasteiger charge is 2.31. The Bertz CT molecular complexity index is 1070. The number of hydrogen-bond donors (Lipinski definition) is 1. The third-order valence-electron chi connectivity index (χ3n) is 4.93. The van der Waals surface area contributed by atoms with Crippen molar-refractivity contribution < 1.29 is 23.9 Å². The fraction of sp³-hybridized carbons (Fsp3) is 0.227. The molecule has 0 radical (unpaired) electrons. The molecule has 1 atom stereocenters. The zero-order chi connectivity index (χ0) is 22.0. The molecule has 2 saturated heterocycles. The Labute approximate surface area is 188 Å². The number of rotatable bonds is 6. The summed E-state index contributed by atoms with van der Waals surface area (Å²) in [6.45, 7) is 2.95. The van der Waals surface area contributed by atoms with E-state index in [0.29, 0.717) is 46.6 Å². The van der Waals surface area contributed by atoms with E-state index in [1.54, 1.807) is 29.2 Å². The van der Waals surface area contributed by atoms with Gasteiger partial charge in [-0.2, -0.15) is 0 Å². The SMILES string of the molecule is CCN1C(=O)OCC1Cc1ccc(Oc2ccc(C=C3SC(=O)NC3=O)cc2Cl)cc1. The Hall–Kier alpha value is -2.97. The van der Waals surface area contributed by atoms with Gasteiger partial charge in [0, 0.05) is 6.54 Å². The molecule has 2 aliphatic heterocycles. The minimum Gasteiger partial charge on any atom is -0.456 e. The second-order valence-electron chi connectivity index (χ2n) is 7.01. The fourth-order valence-electron chi connectivity index (χ4n) is 3.40. The molecule has 0 bridgehead atoms. The summed E-state index contributed by atoms with van der Waals surface area (Å²) in [7, 11) is 0. The van der Waals surface area contributed by atoms with Gasteiger partial charge in [0.1, 0.15) is 18.1 Å². The summed E-state index contributed by atoms with van der Waals surface area (Å²) in [5.74, 6) is 0.685. The van der Waals surface area contributed by atoms with Gasteiger partial charge in [0.05, 0.1) is 16.0 Å². The summed E-state index contributed by atoms with van der Waals surface area (Å²) in [6, 6.07) is 12.8. The van der Waals surface area contributed by atoms with E-state index in [1.165, 1.54) is 0 Å². The summed E-state index contributed by atoms with van der Waals surface area (Å²) >= 11 is 7.19. The van der Waals surface area contributed by atoms with E-state index in [-0.39, 0.29) is 17.4 Å². The van der Waals surface area contributed by atoms with E-state index >= 15 is 0 Å². The molecule has 0 aromatic heterocycles. The van der Waals surface area contributed by atoms with Crippen LogP contribution in [0.2, 0.25) is 5.02 Å². The zero-order valence-corrected chi connectivity index (χ0v) is 18.2. The molecule has 2 fully saturated rings. The molecule has 2 heterocycles. The number of carbonyl (C=O) groups is 3. The number of halogens is 1. The number of imide groups is 1. The predicted molar refractivity (Wildman–Crippen MR) is 118 cm³/mol. The van der Waals surface area contributed by atoms with Gasteiger partial charge < -0.3 is 14.4 Å². The highest BCUT2D eigenvalue weighted by Crippen LogP contribution is 2.32. The van der Waals surface area contributed by atoms with Crippen molar-refractivity contribution >= 4 is 46.7 Å². The zero-order valence-electron chi connectivity index (χ0n) is 16.6. The van der Waals surface area contributed by atoms with Crippen molar-refractivity contribution in [3.05, 3.63) is 63.5 Å². The number of cyclic esters (lactones) is 1. The average Bonchev–Trinajstić information content (AvgIpc) is 3.25. The van der Waals surface area contributed by atoms with Crippen LogP contribution >= 0.6 is 23.4 Å². The minimum atomic E-state index is -0.415. The van der Waals surface area contributed by atoms with Crippen LogP contribution in [0.4, 0.5) is 9.59 Å². The molecule has 160 valence electrons. The van der Waals surface area contributed by atoms with Gasteiger partial charge in [-0.25, -0.2) is 4.79 Å². The van der Waals surface area contributed by atoms with Crippen LogP contribution in [0.15, 0.2) is 47.4 Å². The second-order valence-corrected chi connectivity index (χ2v) is 8.43. The maximum Gasteiger partial charge on any atom is 0.410 e. The van der Waals surface area contributed by atoms with Gasteiger partial charge in [0.2, 0.25) is 0 Å². The summed E-state index contributed by atoms with van der Waals surface area (Å²) in [4.78, 5) is 36.7. The monoisotopic (exact) mass is 458 g/mol. The predicted octanol–water partition coefficient (Wildman–Crippen LogP) is 4.84. The van der Waals surface area contributed by atoms with E-state index in [9.17, 15) is 14.4 Å². The smallest absolute Gasteiger partial charge is 0.410 e. The van der Waals surface area contributed by atoms with E-state index in [0.717, 1.165) is 17.3 Å². The fourth-order valence-corrected chi connectivity index (χ4v) is 4.31. The molecule has 3 amide bonds. The molecule has 2 aromatic carbocycles. The van der Waals surface area contributed by atoms with Crippen molar-refractivity contribution in [1.29, 1.82) is 0 Å². The lowest BCUT2D eigenvalue weighted by molar-refractivity contribution is -0.115. The van der Waals surface area contributed by atoms with Crippen LogP contribution in [0.1, 0.15) is 18.1 Å². The first-order valence-corrected chi connectivity index (χ1v) is 10.9. The van der Waals surface area contributed by atoms with Crippen molar-refractivity contribution in [2.45, 2.75) is 19.4 Å². The number of ether oxygens (including phenoxy) is 2. The first-order chi connectivity index (χ1) is 14.9. The molecule has 0 spiro atoms. The molecule has 2 aliphatic rings. The molecular weight excluding hydrogens is 440 g/mol. The van der Waals surface area contributed by atoms with Crippen LogP contribution in [0.3, 0.4) is 0 Å². The van der Waals surface area contributed by atoms with E-state index in [4.69, 9.17) is 21.1 Å². The standard InChI is InChI=1S/C22H19ClN2O5S/c1-2-25-15(12-29-22(25)28)9-13-3-6-16(7-4-13)30-18-8-5-14(10-17(18)23)11-19-20(26)24-21(27)31-19/h3-8,10-11,15H,2,9,12H2,1H3,(H,24,26,27). The Morgan fingerprint density at radius 3 is 2.65 bits per heavy atom. The molecular formula is C22H19ClN2O5S. The second kappa shape index (κ2) is 9.03. The quantitative estimate of drug-likeness (QED) is 0.623. The van der Waals surface area contributed by atoms with Gasteiger partial charge in [0.15, 0.2) is 0 Å². The number of carbonyl (C=O) groups excluding carboxylic acids is 3.